The van der Waals surface area contributed by atoms with Gasteiger partial charge in [-0.1, -0.05) is 30.3 Å². The van der Waals surface area contributed by atoms with Gasteiger partial charge in [-0.25, -0.2) is 12.8 Å². The lowest BCUT2D eigenvalue weighted by molar-refractivity contribution is 0.174. The third-order valence-electron chi connectivity index (χ3n) is 3.97. The summed E-state index contributed by atoms with van der Waals surface area (Å²) in [5.41, 5.74) is 1.54. The second-order valence-corrected chi connectivity index (χ2v) is 7.36. The maximum Gasteiger partial charge on any atom is 0.261 e. The van der Waals surface area contributed by atoms with E-state index in [0.29, 0.717) is 28.3 Å². The lowest BCUT2D eigenvalue weighted by Crippen LogP contribution is -2.13. The van der Waals surface area contributed by atoms with Crippen molar-refractivity contribution in [2.24, 2.45) is 0 Å². The summed E-state index contributed by atoms with van der Waals surface area (Å²) < 4.78 is 52.0. The molecule has 0 aromatic heterocycles. The van der Waals surface area contributed by atoms with Crippen LogP contribution in [-0.2, 0) is 10.0 Å². The lowest BCUT2D eigenvalue weighted by Gasteiger charge is -2.14. The van der Waals surface area contributed by atoms with Crippen LogP contribution >= 0.6 is 0 Å². The normalized spacial score (nSPS) is 12.8. The van der Waals surface area contributed by atoms with Crippen molar-refractivity contribution in [3.8, 4) is 22.6 Å². The Bertz CT molecular complexity index is 1050. The van der Waals surface area contributed by atoms with Crippen molar-refractivity contribution >= 4 is 15.7 Å². The Hall–Kier alpha value is -3.06. The molecule has 4 rings (SSSR count). The van der Waals surface area contributed by atoms with Gasteiger partial charge in [0.15, 0.2) is 11.5 Å². The molecule has 5 nitrogen and oxygen atoms in total. The number of hydrogen-bond donors (Lipinski definition) is 1. The first-order valence-electron chi connectivity index (χ1n) is 7.80. The van der Waals surface area contributed by atoms with Crippen LogP contribution in [0.4, 0.5) is 10.1 Å². The molecule has 3 aromatic rings. The summed E-state index contributed by atoms with van der Waals surface area (Å²) in [4.78, 5) is 0.141. The fourth-order valence-corrected chi connectivity index (χ4v) is 3.79. The summed E-state index contributed by atoms with van der Waals surface area (Å²) in [5.74, 6) is 0.578. The minimum absolute atomic E-state index is 0.0626. The molecule has 1 aliphatic heterocycles. The van der Waals surface area contributed by atoms with Crippen LogP contribution in [-0.4, -0.2) is 15.2 Å². The van der Waals surface area contributed by atoms with E-state index in [1.54, 1.807) is 42.5 Å². The molecule has 0 spiro atoms. The number of ether oxygens (including phenoxy) is 2. The minimum Gasteiger partial charge on any atom is -0.454 e. The number of nitrogens with one attached hydrogen (secondary N) is 1. The number of benzene rings is 3. The van der Waals surface area contributed by atoms with Crippen molar-refractivity contribution in [2.45, 2.75) is 4.90 Å². The van der Waals surface area contributed by atoms with Gasteiger partial charge in [0.2, 0.25) is 6.79 Å². The van der Waals surface area contributed by atoms with E-state index < -0.39 is 10.0 Å². The average Bonchev–Trinajstić information content (AvgIpc) is 3.10. The summed E-state index contributed by atoms with van der Waals surface area (Å²) in [5, 5.41) is 0. The van der Waals surface area contributed by atoms with Gasteiger partial charge >= 0.3 is 0 Å². The molecular weight excluding hydrogens is 357 g/mol. The molecule has 0 saturated heterocycles. The zero-order chi connectivity index (χ0) is 18.1. The Morgan fingerprint density at radius 1 is 0.885 bits per heavy atom. The van der Waals surface area contributed by atoms with E-state index in [-0.39, 0.29) is 17.5 Å². The van der Waals surface area contributed by atoms with E-state index in [1.807, 2.05) is 0 Å². The molecule has 0 bridgehead atoms. The highest BCUT2D eigenvalue weighted by Crippen LogP contribution is 2.42. The van der Waals surface area contributed by atoms with Crippen molar-refractivity contribution in [1.29, 1.82) is 0 Å². The van der Waals surface area contributed by atoms with E-state index in [2.05, 4.69) is 4.72 Å². The Labute approximate surface area is 150 Å². The predicted octanol–water partition coefficient (Wildman–Crippen LogP) is 4.02. The van der Waals surface area contributed by atoms with Gasteiger partial charge in [-0.15, -0.1) is 0 Å². The summed E-state index contributed by atoms with van der Waals surface area (Å²) >= 11 is 0. The molecule has 3 aromatic carbocycles. The van der Waals surface area contributed by atoms with Gasteiger partial charge in [0, 0.05) is 11.6 Å². The van der Waals surface area contributed by atoms with E-state index in [9.17, 15) is 12.8 Å². The maximum absolute atomic E-state index is 13.3. The monoisotopic (exact) mass is 371 g/mol. The first-order chi connectivity index (χ1) is 12.5. The predicted molar refractivity (Wildman–Crippen MR) is 95.2 cm³/mol. The standard InChI is InChI=1S/C19H14FNO4S/c20-14-8-6-13(7-9-14)16-10-18-19(25-12-24-18)11-17(16)21-26(22,23)15-4-2-1-3-5-15/h1-11,21H,12H2. The Morgan fingerprint density at radius 2 is 1.54 bits per heavy atom. The summed E-state index contributed by atoms with van der Waals surface area (Å²) in [7, 11) is -3.79. The summed E-state index contributed by atoms with van der Waals surface area (Å²) in [6, 6.07) is 17.1. The zero-order valence-electron chi connectivity index (χ0n) is 13.5. The van der Waals surface area contributed by atoms with Crippen LogP contribution in [0.25, 0.3) is 11.1 Å². The number of fused-ring (bicyclic) bond motifs is 1. The molecule has 0 unspecified atom stereocenters. The van der Waals surface area contributed by atoms with Gasteiger partial charge in [0.05, 0.1) is 10.6 Å². The van der Waals surface area contributed by atoms with Gasteiger partial charge < -0.3 is 9.47 Å². The summed E-state index contributed by atoms with van der Waals surface area (Å²) in [6.07, 6.45) is 0. The van der Waals surface area contributed by atoms with Gasteiger partial charge in [0.25, 0.3) is 10.0 Å². The highest BCUT2D eigenvalue weighted by Gasteiger charge is 2.22. The van der Waals surface area contributed by atoms with Gasteiger partial charge in [-0.2, -0.15) is 0 Å². The largest absolute Gasteiger partial charge is 0.454 e. The van der Waals surface area contributed by atoms with Gasteiger partial charge in [-0.05, 0) is 35.9 Å². The van der Waals surface area contributed by atoms with Crippen LogP contribution in [0.15, 0.2) is 71.6 Å². The summed E-state index contributed by atoms with van der Waals surface area (Å²) in [6.45, 7) is 0.0626. The number of sulfonamides is 1. The molecule has 0 radical (unpaired) electrons. The maximum atomic E-state index is 13.3. The van der Waals surface area contributed by atoms with Crippen LogP contribution in [0.5, 0.6) is 11.5 Å². The van der Waals surface area contributed by atoms with Crippen LogP contribution in [0.1, 0.15) is 0 Å². The Kier molecular flexibility index (Phi) is 4.00. The zero-order valence-corrected chi connectivity index (χ0v) is 14.3. The number of hydrogen-bond acceptors (Lipinski definition) is 4. The quantitative estimate of drug-likeness (QED) is 0.752. The molecule has 132 valence electrons. The fraction of sp³-hybridized carbons (Fsp3) is 0.0526. The first kappa shape index (κ1) is 16.4. The molecule has 1 aliphatic rings. The van der Waals surface area contributed by atoms with E-state index in [4.69, 9.17) is 9.47 Å². The Balaban J connectivity index is 1.81. The number of rotatable bonds is 4. The van der Waals surface area contributed by atoms with E-state index in [0.717, 1.165) is 0 Å². The molecule has 1 heterocycles. The van der Waals surface area contributed by atoms with Crippen LogP contribution < -0.4 is 14.2 Å². The van der Waals surface area contributed by atoms with E-state index >= 15 is 0 Å². The highest BCUT2D eigenvalue weighted by atomic mass is 32.2. The average molecular weight is 371 g/mol. The molecule has 0 aliphatic carbocycles. The third kappa shape index (κ3) is 3.09. The van der Waals surface area contributed by atoms with Gasteiger partial charge in [-0.3, -0.25) is 4.72 Å². The fourth-order valence-electron chi connectivity index (χ4n) is 2.70. The molecule has 1 N–H and O–H groups in total. The highest BCUT2D eigenvalue weighted by molar-refractivity contribution is 7.92. The van der Waals surface area contributed by atoms with Crippen molar-refractivity contribution in [2.75, 3.05) is 11.5 Å². The van der Waals surface area contributed by atoms with Crippen LogP contribution in [0.3, 0.4) is 0 Å². The van der Waals surface area contributed by atoms with Crippen molar-refractivity contribution in [3.05, 3.63) is 72.5 Å². The van der Waals surface area contributed by atoms with Crippen molar-refractivity contribution in [1.82, 2.24) is 0 Å². The van der Waals surface area contributed by atoms with Crippen molar-refractivity contribution in [3.63, 3.8) is 0 Å². The molecule has 0 saturated carbocycles. The minimum atomic E-state index is -3.79. The Morgan fingerprint density at radius 3 is 2.23 bits per heavy atom. The van der Waals surface area contributed by atoms with Crippen LogP contribution in [0, 0.1) is 5.82 Å². The number of anilines is 1. The second kappa shape index (κ2) is 6.34. The molecule has 0 fully saturated rings. The second-order valence-electron chi connectivity index (χ2n) is 5.68. The van der Waals surface area contributed by atoms with Gasteiger partial charge in [0.1, 0.15) is 5.82 Å². The molecule has 26 heavy (non-hydrogen) atoms. The molecule has 7 heteroatoms. The molecular formula is C19H14FNO4S. The lowest BCUT2D eigenvalue weighted by atomic mass is 10.0. The third-order valence-corrected chi connectivity index (χ3v) is 5.35. The van der Waals surface area contributed by atoms with Crippen LogP contribution in [0.2, 0.25) is 0 Å². The smallest absolute Gasteiger partial charge is 0.261 e. The van der Waals surface area contributed by atoms with Crippen molar-refractivity contribution < 1.29 is 22.3 Å². The molecule has 0 amide bonds. The topological polar surface area (TPSA) is 64.6 Å². The number of halogens is 1. The first-order valence-corrected chi connectivity index (χ1v) is 9.29. The SMILES string of the molecule is O=S(=O)(Nc1cc2c(cc1-c1ccc(F)cc1)OCO2)c1ccccc1. The molecule has 0 atom stereocenters. The van der Waals surface area contributed by atoms with E-state index in [1.165, 1.54) is 24.3 Å².